The first-order valence-corrected chi connectivity index (χ1v) is 15.9. The molecule has 3 nitrogen and oxygen atoms in total. The maximum Gasteiger partial charge on any atom is 0.0541 e. The molecule has 0 N–H and O–H groups in total. The van der Waals surface area contributed by atoms with E-state index in [1.165, 1.54) is 82.4 Å². The number of hydrogen-bond donors (Lipinski definition) is 0. The normalized spacial score (nSPS) is 12.0. The smallest absolute Gasteiger partial charge is 0.0541 e. The molecule has 0 spiro atoms. The van der Waals surface area contributed by atoms with E-state index in [1.807, 2.05) is 0 Å². The van der Waals surface area contributed by atoms with Crippen molar-refractivity contribution in [1.82, 2.24) is 13.7 Å². The SMILES string of the molecule is c1ccc(Cn2c3ccc(-n4c5ccccc5c5ccccc54)cc3c3cc(-n4c5ccccc5c5ccccc54)ccc32)cc1. The molecule has 10 aromatic rings. The quantitative estimate of drug-likeness (QED) is 0.195. The Balaban J connectivity index is 1.27. The summed E-state index contributed by atoms with van der Waals surface area (Å²) in [6.07, 6.45) is 0. The average Bonchev–Trinajstić information content (AvgIpc) is 3.74. The van der Waals surface area contributed by atoms with Gasteiger partial charge < -0.3 is 13.7 Å². The lowest BCUT2D eigenvalue weighted by atomic mass is 10.1. The topological polar surface area (TPSA) is 14.8 Å². The van der Waals surface area contributed by atoms with E-state index in [-0.39, 0.29) is 0 Å². The zero-order valence-corrected chi connectivity index (χ0v) is 25.1. The van der Waals surface area contributed by atoms with Crippen molar-refractivity contribution in [3.05, 3.63) is 169 Å². The zero-order chi connectivity index (χ0) is 30.2. The number of hydrogen-bond acceptors (Lipinski definition) is 0. The van der Waals surface area contributed by atoms with E-state index < -0.39 is 0 Å². The van der Waals surface area contributed by atoms with Gasteiger partial charge in [0.15, 0.2) is 0 Å². The average molecular weight is 588 g/mol. The van der Waals surface area contributed by atoms with E-state index in [0.717, 1.165) is 6.54 Å². The molecule has 0 fully saturated rings. The molecule has 0 bridgehead atoms. The molecule has 0 saturated carbocycles. The number of nitrogens with zero attached hydrogens (tertiary/aromatic N) is 3. The highest BCUT2D eigenvalue weighted by Gasteiger charge is 2.18. The predicted molar refractivity (Wildman–Crippen MR) is 194 cm³/mol. The van der Waals surface area contributed by atoms with E-state index in [4.69, 9.17) is 0 Å². The van der Waals surface area contributed by atoms with Crippen molar-refractivity contribution < 1.29 is 0 Å². The molecule has 3 aromatic heterocycles. The third kappa shape index (κ3) is 3.60. The van der Waals surface area contributed by atoms with Gasteiger partial charge in [0.2, 0.25) is 0 Å². The first kappa shape index (κ1) is 25.3. The van der Waals surface area contributed by atoms with Crippen LogP contribution in [0.15, 0.2) is 164 Å². The minimum Gasteiger partial charge on any atom is -0.336 e. The minimum atomic E-state index is 0.810. The van der Waals surface area contributed by atoms with E-state index in [0.29, 0.717) is 0 Å². The van der Waals surface area contributed by atoms with Crippen molar-refractivity contribution in [3.8, 4) is 11.4 Å². The highest BCUT2D eigenvalue weighted by Crippen LogP contribution is 2.38. The molecule has 0 amide bonds. The second-order valence-corrected chi connectivity index (χ2v) is 12.2. The summed E-state index contributed by atoms with van der Waals surface area (Å²) in [5.41, 5.74) is 11.0. The van der Waals surface area contributed by atoms with Crippen LogP contribution in [0.25, 0.3) is 76.8 Å². The maximum atomic E-state index is 2.48. The van der Waals surface area contributed by atoms with E-state index in [9.17, 15) is 0 Å². The fourth-order valence-electron chi connectivity index (χ4n) is 7.70. The zero-order valence-electron chi connectivity index (χ0n) is 25.1. The van der Waals surface area contributed by atoms with Gasteiger partial charge in [0.1, 0.15) is 0 Å². The Morgan fingerprint density at radius 2 is 0.674 bits per heavy atom. The lowest BCUT2D eigenvalue weighted by molar-refractivity contribution is 0.869. The van der Waals surface area contributed by atoms with Gasteiger partial charge in [0.25, 0.3) is 0 Å². The van der Waals surface area contributed by atoms with Crippen molar-refractivity contribution in [2.24, 2.45) is 0 Å². The standard InChI is InChI=1S/C43H29N3/c1-2-12-29(13-3-1)28-44-38-24-22-30(45-40-18-8-4-14-32(40)33-15-5-9-19-41(33)45)26-36(38)37-27-31(23-25-39(37)44)46-42-20-10-6-16-34(42)35-17-7-11-21-43(35)46/h1-27H,28H2. The molecule has 0 atom stereocenters. The van der Waals surface area contributed by atoms with Crippen LogP contribution in [0.4, 0.5) is 0 Å². The third-order valence-electron chi connectivity index (χ3n) is 9.69. The number of para-hydroxylation sites is 4. The molecular weight excluding hydrogens is 558 g/mol. The van der Waals surface area contributed by atoms with Gasteiger partial charge in [-0.05, 0) is 66.2 Å². The monoisotopic (exact) mass is 587 g/mol. The first-order chi connectivity index (χ1) is 22.8. The van der Waals surface area contributed by atoms with Gasteiger partial charge in [0.05, 0.1) is 22.1 Å². The van der Waals surface area contributed by atoms with Gasteiger partial charge in [-0.3, -0.25) is 0 Å². The van der Waals surface area contributed by atoms with Gasteiger partial charge in [-0.25, -0.2) is 0 Å². The van der Waals surface area contributed by atoms with Crippen molar-refractivity contribution in [2.75, 3.05) is 0 Å². The molecule has 46 heavy (non-hydrogen) atoms. The Labute approximate surface area is 265 Å². The molecular formula is C43H29N3. The minimum absolute atomic E-state index is 0.810. The van der Waals surface area contributed by atoms with Crippen molar-refractivity contribution in [1.29, 1.82) is 0 Å². The van der Waals surface area contributed by atoms with Gasteiger partial charge >= 0.3 is 0 Å². The van der Waals surface area contributed by atoms with Crippen LogP contribution >= 0.6 is 0 Å². The summed E-state index contributed by atoms with van der Waals surface area (Å²) in [6, 6.07) is 59.7. The molecule has 10 rings (SSSR count). The molecule has 3 heteroatoms. The van der Waals surface area contributed by atoms with Crippen LogP contribution in [0.1, 0.15) is 5.56 Å². The second kappa shape index (κ2) is 9.72. The van der Waals surface area contributed by atoms with Crippen molar-refractivity contribution in [3.63, 3.8) is 0 Å². The molecule has 7 aromatic carbocycles. The Morgan fingerprint density at radius 1 is 0.304 bits per heavy atom. The summed E-state index contributed by atoms with van der Waals surface area (Å²) in [5, 5.41) is 7.62. The second-order valence-electron chi connectivity index (χ2n) is 12.2. The van der Waals surface area contributed by atoms with Crippen LogP contribution < -0.4 is 0 Å². The van der Waals surface area contributed by atoms with E-state index in [2.05, 4.69) is 177 Å². The van der Waals surface area contributed by atoms with E-state index in [1.54, 1.807) is 0 Å². The van der Waals surface area contributed by atoms with Gasteiger partial charge in [-0.1, -0.05) is 103 Å². The summed E-state index contributed by atoms with van der Waals surface area (Å²) >= 11 is 0. The molecule has 216 valence electrons. The Kier molecular flexibility index (Phi) is 5.34. The van der Waals surface area contributed by atoms with E-state index >= 15 is 0 Å². The molecule has 0 unspecified atom stereocenters. The van der Waals surface area contributed by atoms with Gasteiger partial charge in [0, 0.05) is 61.3 Å². The van der Waals surface area contributed by atoms with Crippen LogP contribution in [0.2, 0.25) is 0 Å². The molecule has 3 heterocycles. The maximum absolute atomic E-state index is 2.48. The Morgan fingerprint density at radius 3 is 1.09 bits per heavy atom. The Hall–Kier alpha value is -6.06. The van der Waals surface area contributed by atoms with Gasteiger partial charge in [-0.2, -0.15) is 0 Å². The molecule has 0 saturated heterocycles. The summed E-state index contributed by atoms with van der Waals surface area (Å²) in [4.78, 5) is 0. The lowest BCUT2D eigenvalue weighted by Crippen LogP contribution is -2.00. The highest BCUT2D eigenvalue weighted by atomic mass is 15.0. The van der Waals surface area contributed by atoms with Crippen LogP contribution in [-0.2, 0) is 6.54 Å². The number of rotatable bonds is 4. The first-order valence-electron chi connectivity index (χ1n) is 15.9. The van der Waals surface area contributed by atoms with Crippen molar-refractivity contribution >= 4 is 65.4 Å². The number of benzene rings is 7. The molecule has 0 radical (unpaired) electrons. The molecule has 0 aliphatic rings. The molecule has 0 aliphatic carbocycles. The van der Waals surface area contributed by atoms with Crippen LogP contribution in [0.3, 0.4) is 0 Å². The summed E-state index contributed by atoms with van der Waals surface area (Å²) < 4.78 is 7.31. The number of aromatic nitrogens is 3. The summed E-state index contributed by atoms with van der Waals surface area (Å²) in [7, 11) is 0. The Bertz CT molecular complexity index is 2500. The summed E-state index contributed by atoms with van der Waals surface area (Å²) in [6.45, 7) is 0.810. The summed E-state index contributed by atoms with van der Waals surface area (Å²) in [5.74, 6) is 0. The third-order valence-corrected chi connectivity index (χ3v) is 9.69. The fourth-order valence-corrected chi connectivity index (χ4v) is 7.70. The lowest BCUT2D eigenvalue weighted by Gasteiger charge is -2.10. The van der Waals surface area contributed by atoms with Crippen LogP contribution in [0.5, 0.6) is 0 Å². The molecule has 0 aliphatic heterocycles. The predicted octanol–water partition coefficient (Wildman–Crippen LogP) is 11.0. The number of fused-ring (bicyclic) bond motifs is 9. The largest absolute Gasteiger partial charge is 0.336 e. The highest BCUT2D eigenvalue weighted by molar-refractivity contribution is 6.13. The van der Waals surface area contributed by atoms with Gasteiger partial charge in [-0.15, -0.1) is 0 Å². The van der Waals surface area contributed by atoms with Crippen molar-refractivity contribution in [2.45, 2.75) is 6.54 Å². The fraction of sp³-hybridized carbons (Fsp3) is 0.0233. The van der Waals surface area contributed by atoms with Crippen LogP contribution in [0, 0.1) is 0 Å². The van der Waals surface area contributed by atoms with Crippen LogP contribution in [-0.4, -0.2) is 13.7 Å².